The summed E-state index contributed by atoms with van der Waals surface area (Å²) >= 11 is 29.7. The maximum atomic E-state index is 13.4. The Morgan fingerprint density at radius 2 is 1.03 bits per heavy atom. The van der Waals surface area contributed by atoms with E-state index < -0.39 is 23.8 Å². The number of piperidine rings is 2. The average molecular weight is 927 g/mol. The van der Waals surface area contributed by atoms with E-state index in [0.29, 0.717) is 107 Å². The second-order valence-electron chi connectivity index (χ2n) is 14.5. The molecule has 0 bridgehead atoms. The Bertz CT molecular complexity index is 2220. The van der Waals surface area contributed by atoms with Crippen LogP contribution in [0.4, 0.5) is 0 Å². The minimum absolute atomic E-state index is 0.111. The van der Waals surface area contributed by atoms with Gasteiger partial charge in [0, 0.05) is 70.4 Å². The number of carboxylic acid groups (broad SMARTS) is 2. The van der Waals surface area contributed by atoms with Gasteiger partial charge in [-0.05, 0) is 87.1 Å². The van der Waals surface area contributed by atoms with Gasteiger partial charge in [0.05, 0.1) is 45.1 Å². The van der Waals surface area contributed by atoms with Crippen molar-refractivity contribution in [3.05, 3.63) is 104 Å². The molecule has 4 aromatic carbocycles. The fraction of sp³-hybridized carbons (Fsp3) is 0.304. The first-order valence-corrected chi connectivity index (χ1v) is 22.2. The molecule has 2 atom stereocenters. The maximum Gasteiger partial charge on any atom is 0.308 e. The first-order chi connectivity index (χ1) is 29.3. The second-order valence-corrected chi connectivity index (χ2v) is 17.1. The number of carbonyl (C=O) groups is 4. The highest BCUT2D eigenvalue weighted by Gasteiger charge is 2.29. The van der Waals surface area contributed by atoms with E-state index in [2.05, 4.69) is 0 Å². The van der Waals surface area contributed by atoms with Gasteiger partial charge in [-0.1, -0.05) is 94.6 Å². The van der Waals surface area contributed by atoms with Gasteiger partial charge in [-0.3, -0.25) is 19.2 Å². The molecule has 4 aromatic rings. The minimum Gasteiger partial charge on any atom is -0.493 e. The summed E-state index contributed by atoms with van der Waals surface area (Å²) in [6, 6.07) is 18.5. The van der Waals surface area contributed by atoms with Crippen molar-refractivity contribution in [3.8, 4) is 33.8 Å². The average Bonchev–Trinajstić information content (AvgIpc) is 3.26. The number of aliphatic carboxylic acids is 2. The second kappa shape index (κ2) is 20.9. The highest BCUT2D eigenvalue weighted by atomic mass is 35.5. The van der Waals surface area contributed by atoms with Crippen molar-refractivity contribution < 1.29 is 38.9 Å². The lowest BCUT2D eigenvalue weighted by atomic mass is 9.97. The number of ether oxygens (including phenoxy) is 2. The summed E-state index contributed by atoms with van der Waals surface area (Å²) in [6.07, 6.45) is 8.12. The number of halogens is 4. The van der Waals surface area contributed by atoms with E-state index in [1.807, 2.05) is 74.5 Å². The lowest BCUT2D eigenvalue weighted by Crippen LogP contribution is -2.41. The van der Waals surface area contributed by atoms with Gasteiger partial charge in [-0.2, -0.15) is 0 Å². The van der Waals surface area contributed by atoms with Crippen molar-refractivity contribution in [2.45, 2.75) is 49.3 Å². The third-order valence-electron chi connectivity index (χ3n) is 10.5. The summed E-state index contributed by atoms with van der Waals surface area (Å²) in [5.41, 5.74) is 3.49. The molecule has 320 valence electrons. The van der Waals surface area contributed by atoms with Gasteiger partial charge in [0.2, 0.25) is 11.8 Å². The predicted octanol–water partition coefficient (Wildman–Crippen LogP) is 11.3. The quantitative estimate of drug-likeness (QED) is 0.119. The van der Waals surface area contributed by atoms with Gasteiger partial charge >= 0.3 is 11.9 Å². The van der Waals surface area contributed by atoms with Gasteiger partial charge in [0.15, 0.2) is 0 Å². The number of likely N-dealkylation sites (tertiary alicyclic amines) is 2. The standard InChI is InChI=1S/C46H44Cl4N2O8S/c1-3-59-35-15-7-5-13-29(35)33-23-37(43(49)41(47)31(33)17-19-39(53)51-21-9-11-27(25-51)45(55)56)61-38-24-34(30-14-6-8-16-36(30)60-4-2)32(42(48)44(38)50)18-20-40(54)52-22-10-12-28(26-52)46(57)58/h5-8,13-20,23-24,27-28H,3-4,9-12,21-22,25-26H2,1-2H3,(H,55,56)(H,57,58). The van der Waals surface area contributed by atoms with Gasteiger partial charge in [-0.15, -0.1) is 0 Å². The molecule has 61 heavy (non-hydrogen) atoms. The van der Waals surface area contributed by atoms with E-state index in [1.54, 1.807) is 12.2 Å². The molecular weight excluding hydrogens is 882 g/mol. The molecule has 0 saturated carbocycles. The van der Waals surface area contributed by atoms with Crippen molar-refractivity contribution >= 4 is 94.1 Å². The Labute approximate surface area is 379 Å². The van der Waals surface area contributed by atoms with E-state index in [4.69, 9.17) is 55.9 Å². The SMILES string of the molecule is CCOc1ccccc1-c1cc(Sc2cc(-c3ccccc3OCC)c(C=CC(=O)N3CCCC(C(=O)O)C3)c(Cl)c2Cl)c(Cl)c(Cl)c1C=CC(=O)N1CCCC(C(=O)O)C1. The molecular formula is C46H44Cl4N2O8S. The highest BCUT2D eigenvalue weighted by Crippen LogP contribution is 2.50. The zero-order valence-electron chi connectivity index (χ0n) is 33.5. The molecule has 2 N–H and O–H groups in total. The molecule has 2 aliphatic rings. The van der Waals surface area contributed by atoms with Crippen LogP contribution in [0, 0.1) is 11.8 Å². The molecule has 2 fully saturated rings. The van der Waals surface area contributed by atoms with Crippen LogP contribution in [-0.4, -0.2) is 83.2 Å². The van der Waals surface area contributed by atoms with Crippen LogP contribution in [0.3, 0.4) is 0 Å². The van der Waals surface area contributed by atoms with Crippen LogP contribution in [0.15, 0.2) is 82.6 Å². The van der Waals surface area contributed by atoms with Gasteiger partial charge in [0.1, 0.15) is 11.5 Å². The van der Waals surface area contributed by atoms with E-state index in [9.17, 15) is 29.4 Å². The monoisotopic (exact) mass is 924 g/mol. The van der Waals surface area contributed by atoms with Gasteiger partial charge in [-0.25, -0.2) is 0 Å². The molecule has 0 aliphatic carbocycles. The molecule has 10 nitrogen and oxygen atoms in total. The highest BCUT2D eigenvalue weighted by molar-refractivity contribution is 7.99. The first kappa shape index (κ1) is 45.9. The fourth-order valence-electron chi connectivity index (χ4n) is 7.49. The molecule has 0 spiro atoms. The summed E-state index contributed by atoms with van der Waals surface area (Å²) in [6.45, 7) is 5.62. The van der Waals surface area contributed by atoms with Crippen molar-refractivity contribution in [1.82, 2.24) is 9.80 Å². The molecule has 6 rings (SSSR count). The van der Waals surface area contributed by atoms with Gasteiger partial charge in [0.25, 0.3) is 0 Å². The first-order valence-electron chi connectivity index (χ1n) is 19.9. The third-order valence-corrected chi connectivity index (χ3v) is 13.6. The molecule has 2 saturated heterocycles. The molecule has 2 unspecified atom stereocenters. The number of nitrogens with zero attached hydrogens (tertiary/aromatic N) is 2. The largest absolute Gasteiger partial charge is 0.493 e. The van der Waals surface area contributed by atoms with Crippen LogP contribution in [0.1, 0.15) is 50.7 Å². The zero-order valence-corrected chi connectivity index (χ0v) is 37.3. The van der Waals surface area contributed by atoms with Crippen molar-refractivity contribution in [2.75, 3.05) is 39.4 Å². The van der Waals surface area contributed by atoms with E-state index in [1.165, 1.54) is 33.7 Å². The van der Waals surface area contributed by atoms with Crippen LogP contribution in [0.25, 0.3) is 34.4 Å². The Kier molecular flexibility index (Phi) is 15.7. The Hall–Kier alpha value is -4.65. The minimum atomic E-state index is -0.933. The number of hydrogen-bond acceptors (Lipinski definition) is 7. The molecule has 2 amide bonds. The Morgan fingerprint density at radius 1 is 0.639 bits per heavy atom. The van der Waals surface area contributed by atoms with Crippen LogP contribution in [-0.2, 0) is 19.2 Å². The molecule has 2 aliphatic heterocycles. The van der Waals surface area contributed by atoms with E-state index in [0.717, 1.165) is 0 Å². The molecule has 15 heteroatoms. The Balaban J connectivity index is 1.45. The summed E-state index contributed by atoms with van der Waals surface area (Å²) < 4.78 is 12.0. The smallest absolute Gasteiger partial charge is 0.308 e. The predicted molar refractivity (Wildman–Crippen MR) is 242 cm³/mol. The number of carbonyl (C=O) groups excluding carboxylic acids is 2. The van der Waals surface area contributed by atoms with Crippen LogP contribution < -0.4 is 9.47 Å². The van der Waals surface area contributed by atoms with Gasteiger partial charge < -0.3 is 29.5 Å². The fourth-order valence-corrected chi connectivity index (χ4v) is 9.65. The summed E-state index contributed by atoms with van der Waals surface area (Å²) in [7, 11) is 0. The van der Waals surface area contributed by atoms with E-state index >= 15 is 0 Å². The Morgan fingerprint density at radius 3 is 1.41 bits per heavy atom. The lowest BCUT2D eigenvalue weighted by molar-refractivity contribution is -0.146. The number of carboxylic acids is 2. The molecule has 2 heterocycles. The van der Waals surface area contributed by atoms with Crippen molar-refractivity contribution in [2.24, 2.45) is 11.8 Å². The molecule has 0 aromatic heterocycles. The summed E-state index contributed by atoms with van der Waals surface area (Å²) in [5, 5.41) is 19.8. The summed E-state index contributed by atoms with van der Waals surface area (Å²) in [4.78, 5) is 54.3. The third kappa shape index (κ3) is 10.7. The number of benzene rings is 4. The van der Waals surface area contributed by atoms with Crippen LogP contribution in [0.2, 0.25) is 20.1 Å². The number of amides is 2. The maximum absolute atomic E-state index is 13.4. The van der Waals surface area contributed by atoms with Crippen molar-refractivity contribution in [3.63, 3.8) is 0 Å². The van der Waals surface area contributed by atoms with E-state index in [-0.39, 0.29) is 45.0 Å². The zero-order chi connectivity index (χ0) is 43.8. The normalized spacial score (nSPS) is 16.9. The number of para-hydroxylation sites is 2. The lowest BCUT2D eigenvalue weighted by Gasteiger charge is -2.29. The van der Waals surface area contributed by atoms with Crippen LogP contribution in [0.5, 0.6) is 11.5 Å². The van der Waals surface area contributed by atoms with Crippen molar-refractivity contribution in [1.29, 1.82) is 0 Å². The topological polar surface area (TPSA) is 134 Å². The summed E-state index contributed by atoms with van der Waals surface area (Å²) in [5.74, 6) is -2.69. The number of hydrogen-bond donors (Lipinski definition) is 2. The number of rotatable bonds is 14. The van der Waals surface area contributed by atoms with Crippen LogP contribution >= 0.6 is 58.2 Å². The molecule has 0 radical (unpaired) electrons.